The molecule has 3 heterocycles. The standard InChI is InChI=1S/C17H25N3O/c1-2-20-16(21)4-8-17(20)7-3-12-19(13-9-17)14-15-5-10-18-11-6-15/h5-6,10-11H,2-4,7-9,12-14H2,1H3/t17-/m1/s1. The monoisotopic (exact) mass is 287 g/mol. The zero-order chi connectivity index (χ0) is 14.7. The first-order valence-electron chi connectivity index (χ1n) is 8.15. The van der Waals surface area contributed by atoms with Crippen LogP contribution in [0.3, 0.4) is 0 Å². The first-order valence-corrected chi connectivity index (χ1v) is 8.15. The fourth-order valence-corrected chi connectivity index (χ4v) is 4.05. The predicted octanol–water partition coefficient (Wildman–Crippen LogP) is 2.45. The van der Waals surface area contributed by atoms with Gasteiger partial charge in [0, 0.05) is 44.0 Å². The molecule has 2 aliphatic rings. The van der Waals surface area contributed by atoms with E-state index in [0.29, 0.717) is 5.91 Å². The highest BCUT2D eigenvalue weighted by atomic mass is 16.2. The van der Waals surface area contributed by atoms with E-state index < -0.39 is 0 Å². The average Bonchev–Trinajstić information content (AvgIpc) is 2.68. The van der Waals surface area contributed by atoms with Crippen LogP contribution in [0.4, 0.5) is 0 Å². The predicted molar refractivity (Wildman–Crippen MR) is 82.7 cm³/mol. The van der Waals surface area contributed by atoms with Crippen LogP contribution in [-0.2, 0) is 11.3 Å². The van der Waals surface area contributed by atoms with E-state index in [2.05, 4.69) is 33.8 Å². The molecule has 1 amide bonds. The second kappa shape index (κ2) is 6.14. The van der Waals surface area contributed by atoms with Crippen LogP contribution in [0.1, 0.15) is 44.6 Å². The van der Waals surface area contributed by atoms with E-state index in [-0.39, 0.29) is 5.54 Å². The van der Waals surface area contributed by atoms with Crippen molar-refractivity contribution in [3.63, 3.8) is 0 Å². The SMILES string of the molecule is CCN1C(=O)CC[C@@]12CCCN(Cc1ccncc1)CC2. The maximum atomic E-state index is 12.1. The van der Waals surface area contributed by atoms with Gasteiger partial charge in [-0.05, 0) is 56.8 Å². The van der Waals surface area contributed by atoms with Crippen LogP contribution >= 0.6 is 0 Å². The molecule has 114 valence electrons. The molecule has 0 aromatic carbocycles. The molecule has 2 saturated heterocycles. The Morgan fingerprint density at radius 1 is 1.19 bits per heavy atom. The van der Waals surface area contributed by atoms with Crippen molar-refractivity contribution < 1.29 is 4.79 Å². The summed E-state index contributed by atoms with van der Waals surface area (Å²) in [5.74, 6) is 0.361. The van der Waals surface area contributed by atoms with Gasteiger partial charge in [-0.3, -0.25) is 14.7 Å². The summed E-state index contributed by atoms with van der Waals surface area (Å²) in [6, 6.07) is 4.19. The molecule has 21 heavy (non-hydrogen) atoms. The van der Waals surface area contributed by atoms with Gasteiger partial charge in [0.1, 0.15) is 0 Å². The Kier molecular flexibility index (Phi) is 4.24. The van der Waals surface area contributed by atoms with Gasteiger partial charge in [-0.1, -0.05) is 0 Å². The summed E-state index contributed by atoms with van der Waals surface area (Å²) in [7, 11) is 0. The third-order valence-electron chi connectivity index (χ3n) is 5.16. The van der Waals surface area contributed by atoms with Gasteiger partial charge in [-0.2, -0.15) is 0 Å². The Labute approximate surface area is 127 Å². The lowest BCUT2D eigenvalue weighted by atomic mass is 9.88. The molecule has 4 nitrogen and oxygen atoms in total. The van der Waals surface area contributed by atoms with Gasteiger partial charge < -0.3 is 4.90 Å². The van der Waals surface area contributed by atoms with Crippen LogP contribution in [0.5, 0.6) is 0 Å². The van der Waals surface area contributed by atoms with Crippen LogP contribution < -0.4 is 0 Å². The molecule has 0 unspecified atom stereocenters. The quantitative estimate of drug-likeness (QED) is 0.857. The second-order valence-electron chi connectivity index (χ2n) is 6.35. The van der Waals surface area contributed by atoms with Crippen LogP contribution in [0.25, 0.3) is 0 Å². The number of pyridine rings is 1. The molecule has 0 bridgehead atoms. The minimum absolute atomic E-state index is 0.152. The summed E-state index contributed by atoms with van der Waals surface area (Å²) in [5, 5.41) is 0. The Hall–Kier alpha value is -1.42. The zero-order valence-electron chi connectivity index (χ0n) is 12.9. The van der Waals surface area contributed by atoms with Gasteiger partial charge in [0.25, 0.3) is 0 Å². The summed E-state index contributed by atoms with van der Waals surface area (Å²) in [6.07, 6.45) is 9.01. The summed E-state index contributed by atoms with van der Waals surface area (Å²) < 4.78 is 0. The molecule has 1 atom stereocenters. The van der Waals surface area contributed by atoms with E-state index in [0.717, 1.165) is 45.4 Å². The molecule has 0 N–H and O–H groups in total. The average molecular weight is 287 g/mol. The number of carbonyl (C=O) groups excluding carboxylic acids is 1. The van der Waals surface area contributed by atoms with Gasteiger partial charge >= 0.3 is 0 Å². The van der Waals surface area contributed by atoms with E-state index in [1.807, 2.05) is 12.4 Å². The lowest BCUT2D eigenvalue weighted by Crippen LogP contribution is -2.46. The van der Waals surface area contributed by atoms with E-state index in [9.17, 15) is 4.79 Å². The summed E-state index contributed by atoms with van der Waals surface area (Å²) in [4.78, 5) is 20.8. The number of hydrogen-bond acceptors (Lipinski definition) is 3. The van der Waals surface area contributed by atoms with Crippen molar-refractivity contribution in [3.8, 4) is 0 Å². The largest absolute Gasteiger partial charge is 0.337 e. The smallest absolute Gasteiger partial charge is 0.223 e. The number of aromatic nitrogens is 1. The Bertz CT molecular complexity index is 490. The number of hydrogen-bond donors (Lipinski definition) is 0. The van der Waals surface area contributed by atoms with Crippen molar-refractivity contribution in [1.29, 1.82) is 0 Å². The summed E-state index contributed by atoms with van der Waals surface area (Å²) >= 11 is 0. The van der Waals surface area contributed by atoms with Crippen LogP contribution in [0.15, 0.2) is 24.5 Å². The molecule has 2 fully saturated rings. The van der Waals surface area contributed by atoms with Gasteiger partial charge in [0.2, 0.25) is 5.91 Å². The van der Waals surface area contributed by atoms with Crippen molar-refractivity contribution in [2.45, 2.75) is 51.1 Å². The Balaban J connectivity index is 1.65. The highest BCUT2D eigenvalue weighted by Crippen LogP contribution is 2.38. The first-order chi connectivity index (χ1) is 10.2. The third-order valence-corrected chi connectivity index (χ3v) is 5.16. The minimum Gasteiger partial charge on any atom is -0.337 e. The first kappa shape index (κ1) is 14.5. The minimum atomic E-state index is 0.152. The normalized spacial score (nSPS) is 27.3. The van der Waals surface area contributed by atoms with E-state index in [1.165, 1.54) is 18.4 Å². The van der Waals surface area contributed by atoms with Crippen molar-refractivity contribution in [2.75, 3.05) is 19.6 Å². The lowest BCUT2D eigenvalue weighted by Gasteiger charge is -2.37. The topological polar surface area (TPSA) is 36.4 Å². The Morgan fingerprint density at radius 3 is 2.76 bits per heavy atom. The fourth-order valence-electron chi connectivity index (χ4n) is 4.05. The molecule has 1 aromatic rings. The molecule has 2 aliphatic heterocycles. The molecule has 0 aliphatic carbocycles. The van der Waals surface area contributed by atoms with E-state index in [4.69, 9.17) is 0 Å². The van der Waals surface area contributed by atoms with Crippen LogP contribution in [0, 0.1) is 0 Å². The number of likely N-dealkylation sites (tertiary alicyclic amines) is 2. The van der Waals surface area contributed by atoms with Crippen LogP contribution in [0.2, 0.25) is 0 Å². The molecule has 4 heteroatoms. The van der Waals surface area contributed by atoms with Crippen molar-refractivity contribution in [1.82, 2.24) is 14.8 Å². The van der Waals surface area contributed by atoms with E-state index >= 15 is 0 Å². The second-order valence-corrected chi connectivity index (χ2v) is 6.35. The summed E-state index contributed by atoms with van der Waals surface area (Å²) in [5.41, 5.74) is 1.48. The third kappa shape index (κ3) is 2.95. The number of carbonyl (C=O) groups is 1. The maximum Gasteiger partial charge on any atom is 0.223 e. The maximum absolute atomic E-state index is 12.1. The molecular formula is C17H25N3O. The van der Waals surface area contributed by atoms with Gasteiger partial charge in [0.05, 0.1) is 0 Å². The summed E-state index contributed by atoms with van der Waals surface area (Å²) in [6.45, 7) is 6.20. The van der Waals surface area contributed by atoms with Crippen molar-refractivity contribution in [3.05, 3.63) is 30.1 Å². The molecular weight excluding hydrogens is 262 g/mol. The molecule has 1 aromatic heterocycles. The van der Waals surface area contributed by atoms with Crippen molar-refractivity contribution in [2.24, 2.45) is 0 Å². The number of rotatable bonds is 3. The highest BCUT2D eigenvalue weighted by Gasteiger charge is 2.44. The lowest BCUT2D eigenvalue weighted by molar-refractivity contribution is -0.131. The van der Waals surface area contributed by atoms with Gasteiger partial charge in [0.15, 0.2) is 0 Å². The fraction of sp³-hybridized carbons (Fsp3) is 0.647. The Morgan fingerprint density at radius 2 is 2.00 bits per heavy atom. The van der Waals surface area contributed by atoms with E-state index in [1.54, 1.807) is 0 Å². The molecule has 0 saturated carbocycles. The number of amides is 1. The van der Waals surface area contributed by atoms with Gasteiger partial charge in [-0.25, -0.2) is 0 Å². The number of nitrogens with zero attached hydrogens (tertiary/aromatic N) is 3. The van der Waals surface area contributed by atoms with Crippen molar-refractivity contribution >= 4 is 5.91 Å². The zero-order valence-corrected chi connectivity index (χ0v) is 12.9. The van der Waals surface area contributed by atoms with Gasteiger partial charge in [-0.15, -0.1) is 0 Å². The van der Waals surface area contributed by atoms with Crippen LogP contribution in [-0.4, -0.2) is 45.9 Å². The molecule has 1 spiro atoms. The molecule has 3 rings (SSSR count). The highest BCUT2D eigenvalue weighted by molar-refractivity contribution is 5.79. The molecule has 0 radical (unpaired) electrons.